The molecule has 0 radical (unpaired) electrons. The Hall–Kier alpha value is -2.08. The average Bonchev–Trinajstić information content (AvgIpc) is 2.42. The minimum atomic E-state index is -0.599. The number of aromatic nitrogens is 2. The van der Waals surface area contributed by atoms with E-state index in [2.05, 4.69) is 15.4 Å². The average molecular weight is 278 g/mol. The molecule has 3 N–H and O–H groups in total. The summed E-state index contributed by atoms with van der Waals surface area (Å²) >= 11 is 0. The summed E-state index contributed by atoms with van der Waals surface area (Å²) in [6.45, 7) is 5.31. The van der Waals surface area contributed by atoms with Gasteiger partial charge < -0.3 is 5.43 Å². The Bertz CT molecular complexity index is 624. The molecule has 0 saturated heterocycles. The first kappa shape index (κ1) is 14.3. The van der Waals surface area contributed by atoms with Crippen LogP contribution < -0.4 is 11.3 Å². The number of halogens is 2. The van der Waals surface area contributed by atoms with E-state index < -0.39 is 11.2 Å². The van der Waals surface area contributed by atoms with E-state index in [1.807, 2.05) is 13.8 Å². The lowest BCUT2D eigenvalue weighted by Gasteiger charge is -2.24. The van der Waals surface area contributed by atoms with Gasteiger partial charge in [-0.25, -0.2) is 24.6 Å². The van der Waals surface area contributed by atoms with Gasteiger partial charge in [-0.15, -0.1) is 0 Å². The summed E-state index contributed by atoms with van der Waals surface area (Å²) in [5.74, 6) is 4.73. The molecule has 0 saturated carbocycles. The molecule has 106 valence electrons. The van der Waals surface area contributed by atoms with E-state index in [-0.39, 0.29) is 17.3 Å². The molecule has 0 atom stereocenters. The van der Waals surface area contributed by atoms with Crippen molar-refractivity contribution in [3.8, 4) is 0 Å². The molecule has 0 aliphatic carbocycles. The molecule has 4 nitrogen and oxygen atoms in total. The van der Waals surface area contributed by atoms with E-state index in [9.17, 15) is 8.78 Å². The molecule has 2 rings (SSSR count). The normalized spacial score (nSPS) is 11.5. The van der Waals surface area contributed by atoms with Crippen LogP contribution in [0.5, 0.6) is 0 Å². The van der Waals surface area contributed by atoms with Gasteiger partial charge in [-0.2, -0.15) is 0 Å². The number of hydrogen-bond acceptors (Lipinski definition) is 4. The summed E-state index contributed by atoms with van der Waals surface area (Å²) in [6, 6.07) is 6.06. The molecule has 6 heteroatoms. The number of hydrazine groups is 1. The van der Waals surface area contributed by atoms with E-state index in [0.29, 0.717) is 5.82 Å². The van der Waals surface area contributed by atoms with E-state index in [0.717, 1.165) is 5.56 Å². The summed E-state index contributed by atoms with van der Waals surface area (Å²) in [4.78, 5) is 8.28. The van der Waals surface area contributed by atoms with Crippen LogP contribution in [0.4, 0.5) is 14.6 Å². The quantitative estimate of drug-likeness (QED) is 0.669. The Morgan fingerprint density at radius 2 is 1.70 bits per heavy atom. The first-order chi connectivity index (χ1) is 9.36. The Morgan fingerprint density at radius 1 is 1.10 bits per heavy atom. The largest absolute Gasteiger partial charge is 0.306 e. The first-order valence-electron chi connectivity index (χ1n) is 6.13. The van der Waals surface area contributed by atoms with Crippen LogP contribution in [0, 0.1) is 18.6 Å². The van der Waals surface area contributed by atoms with E-state index in [1.54, 1.807) is 19.1 Å². The summed E-state index contributed by atoms with van der Waals surface area (Å²) in [7, 11) is 0. The van der Waals surface area contributed by atoms with Crippen molar-refractivity contribution in [2.75, 3.05) is 5.43 Å². The van der Waals surface area contributed by atoms with Crippen LogP contribution in [0.15, 0.2) is 24.3 Å². The zero-order valence-corrected chi connectivity index (χ0v) is 11.5. The summed E-state index contributed by atoms with van der Waals surface area (Å²) in [5.41, 5.74) is 2.66. The van der Waals surface area contributed by atoms with Gasteiger partial charge in [0.25, 0.3) is 0 Å². The zero-order valence-electron chi connectivity index (χ0n) is 11.5. The molecule has 0 unspecified atom stereocenters. The Kier molecular flexibility index (Phi) is 3.67. The lowest BCUT2D eigenvalue weighted by Crippen LogP contribution is -2.25. The fourth-order valence-electron chi connectivity index (χ4n) is 1.93. The van der Waals surface area contributed by atoms with Crippen molar-refractivity contribution in [1.29, 1.82) is 0 Å². The molecule has 0 amide bonds. The maximum Gasteiger partial charge on any atom is 0.187 e. The number of aryl methyl sites for hydroxylation is 1. The van der Waals surface area contributed by atoms with Crippen LogP contribution in [0.25, 0.3) is 0 Å². The molecular weight excluding hydrogens is 262 g/mol. The number of anilines is 1. The molecule has 0 aliphatic heterocycles. The Labute approximate surface area is 116 Å². The standard InChI is InChI=1S/C14H16F2N4/c1-8-11(16)12(20-17)19-13(18-8)14(2,3)9-4-6-10(15)7-5-9/h4-7H,17H2,1-3H3,(H,18,19,20). The Balaban J connectivity index is 2.53. The topological polar surface area (TPSA) is 63.8 Å². The van der Waals surface area contributed by atoms with E-state index in [4.69, 9.17) is 5.84 Å². The molecule has 1 aromatic carbocycles. The van der Waals surface area contributed by atoms with Crippen molar-refractivity contribution in [3.63, 3.8) is 0 Å². The molecule has 2 aromatic rings. The lowest BCUT2D eigenvalue weighted by molar-refractivity contribution is 0.554. The van der Waals surface area contributed by atoms with Crippen LogP contribution in [0.3, 0.4) is 0 Å². The van der Waals surface area contributed by atoms with Gasteiger partial charge in [-0.3, -0.25) is 0 Å². The number of hydrogen-bond donors (Lipinski definition) is 2. The van der Waals surface area contributed by atoms with Crippen molar-refractivity contribution in [1.82, 2.24) is 9.97 Å². The van der Waals surface area contributed by atoms with Gasteiger partial charge in [-0.1, -0.05) is 12.1 Å². The van der Waals surface area contributed by atoms with Crippen LogP contribution in [0.1, 0.15) is 30.9 Å². The van der Waals surface area contributed by atoms with Crippen LogP contribution in [-0.4, -0.2) is 9.97 Å². The van der Waals surface area contributed by atoms with Gasteiger partial charge in [0.1, 0.15) is 11.6 Å². The molecule has 1 heterocycles. The van der Waals surface area contributed by atoms with Gasteiger partial charge in [-0.05, 0) is 38.5 Å². The maximum atomic E-state index is 13.7. The third-order valence-electron chi connectivity index (χ3n) is 3.28. The number of nitrogens with one attached hydrogen (secondary N) is 1. The highest BCUT2D eigenvalue weighted by molar-refractivity contribution is 5.40. The lowest BCUT2D eigenvalue weighted by atomic mass is 9.83. The highest BCUT2D eigenvalue weighted by Crippen LogP contribution is 2.30. The van der Waals surface area contributed by atoms with Crippen molar-refractivity contribution in [3.05, 3.63) is 53.0 Å². The van der Waals surface area contributed by atoms with Crippen LogP contribution in [-0.2, 0) is 5.41 Å². The van der Waals surface area contributed by atoms with Crippen molar-refractivity contribution in [2.45, 2.75) is 26.2 Å². The molecule has 20 heavy (non-hydrogen) atoms. The number of nitrogen functional groups attached to an aromatic ring is 1. The third kappa shape index (κ3) is 2.46. The van der Waals surface area contributed by atoms with E-state index in [1.165, 1.54) is 12.1 Å². The van der Waals surface area contributed by atoms with Gasteiger partial charge in [0, 0.05) is 5.41 Å². The minimum absolute atomic E-state index is 0.0531. The van der Waals surface area contributed by atoms with Gasteiger partial charge in [0.2, 0.25) is 0 Å². The monoisotopic (exact) mass is 278 g/mol. The smallest absolute Gasteiger partial charge is 0.187 e. The van der Waals surface area contributed by atoms with Crippen molar-refractivity contribution < 1.29 is 8.78 Å². The zero-order chi connectivity index (χ0) is 14.9. The predicted octanol–water partition coefficient (Wildman–Crippen LogP) is 2.67. The molecule has 0 fully saturated rings. The summed E-state index contributed by atoms with van der Waals surface area (Å²) in [5, 5.41) is 0. The van der Waals surface area contributed by atoms with Gasteiger partial charge in [0.05, 0.1) is 5.69 Å². The maximum absolute atomic E-state index is 13.7. The highest BCUT2D eigenvalue weighted by Gasteiger charge is 2.28. The SMILES string of the molecule is Cc1nc(C(C)(C)c2ccc(F)cc2)nc(NN)c1F. The van der Waals surface area contributed by atoms with Crippen molar-refractivity contribution >= 4 is 5.82 Å². The Morgan fingerprint density at radius 3 is 2.25 bits per heavy atom. The predicted molar refractivity (Wildman–Crippen MR) is 73.1 cm³/mol. The van der Waals surface area contributed by atoms with Gasteiger partial charge in [0.15, 0.2) is 11.6 Å². The molecule has 0 bridgehead atoms. The third-order valence-corrected chi connectivity index (χ3v) is 3.28. The molecule has 0 aliphatic rings. The molecule has 0 spiro atoms. The second-order valence-electron chi connectivity index (χ2n) is 5.07. The second kappa shape index (κ2) is 5.13. The van der Waals surface area contributed by atoms with E-state index >= 15 is 0 Å². The fourth-order valence-corrected chi connectivity index (χ4v) is 1.93. The minimum Gasteiger partial charge on any atom is -0.306 e. The van der Waals surface area contributed by atoms with Gasteiger partial charge >= 0.3 is 0 Å². The number of rotatable bonds is 3. The molecule has 1 aromatic heterocycles. The number of nitrogens with zero attached hydrogens (tertiary/aromatic N) is 2. The number of benzene rings is 1. The summed E-state index contributed by atoms with van der Waals surface area (Å²) in [6.07, 6.45) is 0. The van der Waals surface area contributed by atoms with Crippen LogP contribution >= 0.6 is 0 Å². The number of nitrogens with two attached hydrogens (primary N) is 1. The fraction of sp³-hybridized carbons (Fsp3) is 0.286. The summed E-state index contributed by atoms with van der Waals surface area (Å²) < 4.78 is 26.7. The molecular formula is C14H16F2N4. The van der Waals surface area contributed by atoms with Crippen LogP contribution in [0.2, 0.25) is 0 Å². The second-order valence-corrected chi connectivity index (χ2v) is 5.07. The first-order valence-corrected chi connectivity index (χ1v) is 6.13. The van der Waals surface area contributed by atoms with Crippen molar-refractivity contribution in [2.24, 2.45) is 5.84 Å². The highest BCUT2D eigenvalue weighted by atomic mass is 19.1.